The lowest BCUT2D eigenvalue weighted by Crippen LogP contribution is -2.47. The van der Waals surface area contributed by atoms with Crippen molar-refractivity contribution in [3.63, 3.8) is 0 Å². The van der Waals surface area contributed by atoms with Gasteiger partial charge in [0, 0.05) is 18.3 Å². The largest absolute Gasteiger partial charge is 0.300 e. The molecule has 6 nitrogen and oxygen atoms in total. The molecule has 0 aliphatic carbocycles. The normalized spacial score (nSPS) is 26.2. The Labute approximate surface area is 124 Å². The highest BCUT2D eigenvalue weighted by atomic mass is 32.2. The van der Waals surface area contributed by atoms with Crippen molar-refractivity contribution >= 4 is 10.0 Å². The Morgan fingerprint density at radius 1 is 1.33 bits per heavy atom. The Balaban J connectivity index is 1.69. The van der Waals surface area contributed by atoms with Gasteiger partial charge in [0.05, 0.1) is 0 Å². The van der Waals surface area contributed by atoms with E-state index in [0.29, 0.717) is 6.04 Å². The maximum atomic E-state index is 12.3. The van der Waals surface area contributed by atoms with Gasteiger partial charge in [0.2, 0.25) is 10.0 Å². The first-order chi connectivity index (χ1) is 10.1. The molecule has 0 saturated carbocycles. The summed E-state index contributed by atoms with van der Waals surface area (Å²) in [6.07, 6.45) is 5.34. The maximum absolute atomic E-state index is 12.3. The van der Waals surface area contributed by atoms with Crippen LogP contribution in [-0.2, 0) is 10.0 Å². The van der Waals surface area contributed by atoms with Gasteiger partial charge in [0.25, 0.3) is 0 Å². The van der Waals surface area contributed by atoms with Gasteiger partial charge in [0.1, 0.15) is 16.7 Å². The van der Waals surface area contributed by atoms with Gasteiger partial charge in [-0.1, -0.05) is 0 Å². The van der Waals surface area contributed by atoms with Crippen molar-refractivity contribution in [1.29, 1.82) is 5.26 Å². The fourth-order valence-electron chi connectivity index (χ4n) is 3.22. The lowest BCUT2D eigenvalue weighted by molar-refractivity contribution is 0.176. The molecule has 0 spiro atoms. The minimum atomic E-state index is -3.55. The molecule has 0 radical (unpaired) electrons. The molecule has 0 aromatic carbocycles. The molecule has 2 aliphatic rings. The van der Waals surface area contributed by atoms with E-state index in [-0.39, 0.29) is 16.6 Å². The summed E-state index contributed by atoms with van der Waals surface area (Å²) in [7, 11) is -3.55. The van der Waals surface area contributed by atoms with Crippen LogP contribution in [0.2, 0.25) is 0 Å². The third kappa shape index (κ3) is 3.07. The molecule has 3 rings (SSSR count). The van der Waals surface area contributed by atoms with Crippen LogP contribution in [0.15, 0.2) is 23.2 Å². The fourth-order valence-corrected chi connectivity index (χ4v) is 4.45. The van der Waals surface area contributed by atoms with Gasteiger partial charge >= 0.3 is 0 Å². The van der Waals surface area contributed by atoms with Crippen LogP contribution in [0, 0.1) is 11.3 Å². The Morgan fingerprint density at radius 2 is 2.19 bits per heavy atom. The van der Waals surface area contributed by atoms with Crippen LogP contribution in [0.25, 0.3) is 0 Å². The molecule has 0 amide bonds. The second-order valence-electron chi connectivity index (χ2n) is 5.67. The number of piperidine rings is 1. The van der Waals surface area contributed by atoms with Crippen molar-refractivity contribution in [1.82, 2.24) is 14.6 Å². The van der Waals surface area contributed by atoms with E-state index in [1.54, 1.807) is 0 Å². The zero-order valence-corrected chi connectivity index (χ0v) is 12.5. The zero-order chi connectivity index (χ0) is 14.9. The molecule has 7 heteroatoms. The van der Waals surface area contributed by atoms with Crippen LogP contribution < -0.4 is 4.72 Å². The lowest BCUT2D eigenvalue weighted by Gasteiger charge is -2.34. The number of hydrogen-bond donors (Lipinski definition) is 1. The predicted molar refractivity (Wildman–Crippen MR) is 76.9 cm³/mol. The topological polar surface area (TPSA) is 86.1 Å². The molecule has 112 valence electrons. The highest BCUT2D eigenvalue weighted by Crippen LogP contribution is 2.27. The van der Waals surface area contributed by atoms with Crippen LogP contribution in [0.5, 0.6) is 0 Å². The standard InChI is InChI=1S/C14H18N4O2S/c15-9-12-3-4-14(10-16-12)21(19,20)17-11-5-7-18-6-1-2-13(18)8-11/h3-4,10-11,13,17H,1-2,5-8H2. The first-order valence-corrected chi connectivity index (χ1v) is 8.69. The van der Waals surface area contributed by atoms with Crippen molar-refractivity contribution in [2.75, 3.05) is 13.1 Å². The second-order valence-corrected chi connectivity index (χ2v) is 7.38. The first kappa shape index (κ1) is 14.4. The third-order valence-electron chi connectivity index (χ3n) is 4.30. The molecule has 21 heavy (non-hydrogen) atoms. The van der Waals surface area contributed by atoms with Gasteiger partial charge in [-0.2, -0.15) is 5.26 Å². The number of rotatable bonds is 3. The summed E-state index contributed by atoms with van der Waals surface area (Å²) in [6.45, 7) is 2.10. The van der Waals surface area contributed by atoms with Gasteiger partial charge in [-0.15, -0.1) is 0 Å². The maximum Gasteiger partial charge on any atom is 0.242 e. The highest BCUT2D eigenvalue weighted by Gasteiger charge is 2.33. The lowest BCUT2D eigenvalue weighted by atomic mass is 9.99. The second kappa shape index (κ2) is 5.72. The van der Waals surface area contributed by atoms with Gasteiger partial charge in [-0.3, -0.25) is 0 Å². The van der Waals surface area contributed by atoms with E-state index in [4.69, 9.17) is 5.26 Å². The van der Waals surface area contributed by atoms with E-state index in [1.807, 2.05) is 6.07 Å². The Kier molecular flexibility index (Phi) is 3.93. The summed E-state index contributed by atoms with van der Waals surface area (Å²) in [5.74, 6) is 0. The number of pyridine rings is 1. The number of nitrogens with zero attached hydrogens (tertiary/aromatic N) is 3. The van der Waals surface area contributed by atoms with Crippen LogP contribution in [-0.4, -0.2) is 43.5 Å². The van der Waals surface area contributed by atoms with Crippen molar-refractivity contribution in [3.05, 3.63) is 24.0 Å². The summed E-state index contributed by atoms with van der Waals surface area (Å²) in [6, 6.07) is 5.24. The summed E-state index contributed by atoms with van der Waals surface area (Å²) >= 11 is 0. The van der Waals surface area contributed by atoms with Crippen LogP contribution in [0.1, 0.15) is 31.4 Å². The number of nitrogens with one attached hydrogen (secondary N) is 1. The highest BCUT2D eigenvalue weighted by molar-refractivity contribution is 7.89. The number of aromatic nitrogens is 1. The fraction of sp³-hybridized carbons (Fsp3) is 0.571. The summed E-state index contributed by atoms with van der Waals surface area (Å²) in [5, 5.41) is 8.70. The van der Waals surface area contributed by atoms with E-state index in [0.717, 1.165) is 32.4 Å². The third-order valence-corrected chi connectivity index (χ3v) is 5.81. The number of fused-ring (bicyclic) bond motifs is 1. The van der Waals surface area contributed by atoms with Crippen molar-refractivity contribution in [2.45, 2.75) is 42.7 Å². The smallest absolute Gasteiger partial charge is 0.242 e. The average molecular weight is 306 g/mol. The minimum Gasteiger partial charge on any atom is -0.300 e. The van der Waals surface area contributed by atoms with E-state index in [2.05, 4.69) is 14.6 Å². The Hall–Kier alpha value is -1.49. The zero-order valence-electron chi connectivity index (χ0n) is 11.7. The van der Waals surface area contributed by atoms with E-state index in [9.17, 15) is 8.42 Å². The Morgan fingerprint density at radius 3 is 2.90 bits per heavy atom. The van der Waals surface area contributed by atoms with Crippen molar-refractivity contribution in [2.24, 2.45) is 0 Å². The quantitative estimate of drug-likeness (QED) is 0.895. The minimum absolute atomic E-state index is 0.00927. The van der Waals surface area contributed by atoms with Crippen LogP contribution in [0.4, 0.5) is 0 Å². The molecule has 2 unspecified atom stereocenters. The average Bonchev–Trinajstić information content (AvgIpc) is 2.94. The molecule has 3 heterocycles. The number of sulfonamides is 1. The Bertz CT molecular complexity index is 651. The van der Waals surface area contributed by atoms with Crippen LogP contribution >= 0.6 is 0 Å². The molecule has 2 atom stereocenters. The SMILES string of the molecule is N#Cc1ccc(S(=O)(=O)NC2CCN3CCCC3C2)cn1. The van der Waals surface area contributed by atoms with Crippen molar-refractivity contribution < 1.29 is 8.42 Å². The molecule has 1 aromatic heterocycles. The number of nitriles is 1. The number of hydrogen-bond acceptors (Lipinski definition) is 5. The summed E-state index contributed by atoms with van der Waals surface area (Å²) in [4.78, 5) is 6.39. The molecular weight excluding hydrogens is 288 g/mol. The van der Waals surface area contributed by atoms with E-state index >= 15 is 0 Å². The van der Waals surface area contributed by atoms with Crippen molar-refractivity contribution in [3.8, 4) is 6.07 Å². The first-order valence-electron chi connectivity index (χ1n) is 7.21. The molecule has 1 aromatic rings. The van der Waals surface area contributed by atoms with E-state index in [1.165, 1.54) is 24.8 Å². The van der Waals surface area contributed by atoms with Gasteiger partial charge < -0.3 is 4.90 Å². The molecule has 0 bridgehead atoms. The van der Waals surface area contributed by atoms with Gasteiger partial charge in [0.15, 0.2) is 0 Å². The molecule has 2 aliphatic heterocycles. The summed E-state index contributed by atoms with van der Waals surface area (Å²) in [5.41, 5.74) is 0.216. The van der Waals surface area contributed by atoms with Gasteiger partial charge in [-0.25, -0.2) is 18.1 Å². The predicted octanol–water partition coefficient (Wildman–Crippen LogP) is 0.858. The molecule has 2 saturated heterocycles. The summed E-state index contributed by atoms with van der Waals surface area (Å²) < 4.78 is 27.5. The monoisotopic (exact) mass is 306 g/mol. The molecule has 2 fully saturated rings. The van der Waals surface area contributed by atoms with E-state index < -0.39 is 10.0 Å². The van der Waals surface area contributed by atoms with Gasteiger partial charge in [-0.05, 0) is 50.9 Å². The molecular formula is C14H18N4O2S. The van der Waals surface area contributed by atoms with Crippen LogP contribution in [0.3, 0.4) is 0 Å². The molecule has 1 N–H and O–H groups in total.